The van der Waals surface area contributed by atoms with E-state index in [1.807, 2.05) is 6.92 Å². The molecule has 4 heteroatoms. The monoisotopic (exact) mass is 323 g/mol. The van der Waals surface area contributed by atoms with Crippen molar-refractivity contribution >= 4 is 10.0 Å². The van der Waals surface area contributed by atoms with Crippen molar-refractivity contribution in [2.75, 3.05) is 6.54 Å². The fourth-order valence-corrected chi connectivity index (χ4v) is 2.79. The highest BCUT2D eigenvalue weighted by Gasteiger charge is 2.21. The van der Waals surface area contributed by atoms with Gasteiger partial charge in [0, 0.05) is 18.4 Å². The zero-order valence-electron chi connectivity index (χ0n) is 13.4. The molecule has 0 bridgehead atoms. The van der Waals surface area contributed by atoms with Gasteiger partial charge in [-0.25, -0.2) is 12.7 Å². The van der Waals surface area contributed by atoms with Gasteiger partial charge in [-0.1, -0.05) is 35.5 Å². The van der Waals surface area contributed by atoms with E-state index < -0.39 is 10.0 Å². The summed E-state index contributed by atoms with van der Waals surface area (Å²) in [7, 11) is -3.70. The van der Waals surface area contributed by atoms with Gasteiger partial charge in [0.15, 0.2) is 0 Å². The molecule has 1 rings (SSSR count). The van der Waals surface area contributed by atoms with Crippen molar-refractivity contribution in [2.24, 2.45) is 0 Å². The topological polar surface area (TPSA) is 37.4 Å². The minimum absolute atomic E-state index is 0.160. The van der Waals surface area contributed by atoms with Gasteiger partial charge in [-0.05, 0) is 50.7 Å². The van der Waals surface area contributed by atoms with Crippen LogP contribution in [-0.4, -0.2) is 19.3 Å². The Morgan fingerprint density at radius 2 is 1.57 bits per heavy atom. The highest BCUT2D eigenvalue weighted by molar-refractivity contribution is 7.89. The predicted octanol–water partition coefficient (Wildman–Crippen LogP) is 2.39. The number of hydrogen-bond acceptors (Lipinski definition) is 2. The third kappa shape index (κ3) is 5.84. The first-order valence-corrected chi connectivity index (χ1v) is 8.37. The summed E-state index contributed by atoms with van der Waals surface area (Å²) in [5.41, 5.74) is 0.988. The van der Waals surface area contributed by atoms with Crippen LogP contribution in [0.25, 0.3) is 0 Å². The first-order valence-electron chi connectivity index (χ1n) is 6.93. The van der Waals surface area contributed by atoms with Gasteiger partial charge in [0.05, 0.1) is 11.4 Å². The van der Waals surface area contributed by atoms with Gasteiger partial charge in [-0.2, -0.15) is 0 Å². The van der Waals surface area contributed by atoms with Gasteiger partial charge in [0.25, 0.3) is 10.0 Å². The number of rotatable bonds is 4. The molecule has 116 valence electrons. The van der Waals surface area contributed by atoms with Crippen LogP contribution in [0.15, 0.2) is 29.2 Å². The first kappa shape index (κ1) is 18.3. The number of sulfonamides is 1. The van der Waals surface area contributed by atoms with E-state index >= 15 is 0 Å². The molecule has 0 unspecified atom stereocenters. The molecule has 0 radical (unpaired) electrons. The maximum atomic E-state index is 12.7. The standard InChI is InChI=1S/C19H17NO2S/c1-4-6-8-9-11-17-20(16-10-7-5-2)23(21,22)19-14-12-18(3)13-15-19/h12-15H,11,17H2,1-3H3. The molecule has 0 spiro atoms. The number of aryl methyl sites for hydroxylation is 1. The van der Waals surface area contributed by atoms with E-state index in [4.69, 9.17) is 0 Å². The van der Waals surface area contributed by atoms with Crippen molar-refractivity contribution in [3.05, 3.63) is 29.8 Å². The number of benzene rings is 1. The van der Waals surface area contributed by atoms with Crippen molar-refractivity contribution in [2.45, 2.75) is 32.1 Å². The van der Waals surface area contributed by atoms with E-state index in [-0.39, 0.29) is 11.4 Å². The van der Waals surface area contributed by atoms with E-state index in [9.17, 15) is 8.42 Å². The SMILES string of the molecule is CC#CC#CCCN(C#CC#CC)S(=O)(=O)c1ccc(C)cc1. The lowest BCUT2D eigenvalue weighted by Crippen LogP contribution is -2.27. The molecule has 23 heavy (non-hydrogen) atoms. The smallest absolute Gasteiger partial charge is 0.223 e. The maximum Gasteiger partial charge on any atom is 0.271 e. The van der Waals surface area contributed by atoms with Gasteiger partial charge >= 0.3 is 0 Å². The van der Waals surface area contributed by atoms with E-state index in [1.54, 1.807) is 38.1 Å². The molecular weight excluding hydrogens is 306 g/mol. The Morgan fingerprint density at radius 3 is 2.17 bits per heavy atom. The molecule has 0 heterocycles. The third-order valence-electron chi connectivity index (χ3n) is 2.69. The molecule has 0 aliphatic rings. The molecule has 1 aromatic rings. The van der Waals surface area contributed by atoms with E-state index in [0.29, 0.717) is 6.42 Å². The van der Waals surface area contributed by atoms with Crippen LogP contribution in [0.2, 0.25) is 0 Å². The fraction of sp³-hybridized carbons (Fsp3) is 0.263. The lowest BCUT2D eigenvalue weighted by atomic mass is 10.2. The van der Waals surface area contributed by atoms with Gasteiger partial charge < -0.3 is 0 Å². The van der Waals surface area contributed by atoms with Crippen LogP contribution in [0, 0.1) is 54.4 Å². The molecule has 3 nitrogen and oxygen atoms in total. The van der Waals surface area contributed by atoms with Crippen LogP contribution < -0.4 is 0 Å². The highest BCUT2D eigenvalue weighted by atomic mass is 32.2. The van der Waals surface area contributed by atoms with Gasteiger partial charge in [-0.3, -0.25) is 0 Å². The van der Waals surface area contributed by atoms with Crippen molar-refractivity contribution in [3.8, 4) is 47.5 Å². The largest absolute Gasteiger partial charge is 0.271 e. The molecule has 0 saturated heterocycles. The Balaban J connectivity index is 3.08. The summed E-state index contributed by atoms with van der Waals surface area (Å²) in [5, 5.41) is 0. The predicted molar refractivity (Wildman–Crippen MR) is 92.1 cm³/mol. The Morgan fingerprint density at radius 1 is 0.957 bits per heavy atom. The normalized spacial score (nSPS) is 8.83. The molecule has 0 N–H and O–H groups in total. The summed E-state index contributed by atoms with van der Waals surface area (Å²) in [6, 6.07) is 9.22. The Bertz CT molecular complexity index is 882. The van der Waals surface area contributed by atoms with Crippen molar-refractivity contribution in [3.63, 3.8) is 0 Å². The van der Waals surface area contributed by atoms with Crippen molar-refractivity contribution < 1.29 is 8.42 Å². The average Bonchev–Trinajstić information content (AvgIpc) is 2.53. The van der Waals surface area contributed by atoms with E-state index in [2.05, 4.69) is 47.5 Å². The van der Waals surface area contributed by atoms with E-state index in [0.717, 1.165) is 9.87 Å². The molecule has 0 fully saturated rings. The van der Waals surface area contributed by atoms with Gasteiger partial charge in [0.1, 0.15) is 0 Å². The van der Waals surface area contributed by atoms with Gasteiger partial charge in [0.2, 0.25) is 0 Å². The molecule has 0 aliphatic carbocycles. The summed E-state index contributed by atoms with van der Waals surface area (Å²) < 4.78 is 26.4. The lowest BCUT2D eigenvalue weighted by Gasteiger charge is -2.16. The summed E-state index contributed by atoms with van der Waals surface area (Å²) in [5.74, 6) is 18.4. The third-order valence-corrected chi connectivity index (χ3v) is 4.41. The minimum Gasteiger partial charge on any atom is -0.223 e. The Kier molecular flexibility index (Phi) is 7.36. The molecule has 0 atom stereocenters. The molecule has 0 saturated carbocycles. The van der Waals surface area contributed by atoms with Gasteiger partial charge in [-0.15, -0.1) is 0 Å². The van der Waals surface area contributed by atoms with Crippen LogP contribution in [0.1, 0.15) is 25.8 Å². The minimum atomic E-state index is -3.70. The van der Waals surface area contributed by atoms with Crippen LogP contribution in [0.3, 0.4) is 0 Å². The van der Waals surface area contributed by atoms with Crippen LogP contribution in [-0.2, 0) is 10.0 Å². The zero-order valence-corrected chi connectivity index (χ0v) is 14.2. The highest BCUT2D eigenvalue weighted by Crippen LogP contribution is 2.16. The molecule has 0 amide bonds. The van der Waals surface area contributed by atoms with Crippen LogP contribution >= 0.6 is 0 Å². The van der Waals surface area contributed by atoms with Crippen LogP contribution in [0.5, 0.6) is 0 Å². The Labute approximate surface area is 139 Å². The zero-order chi connectivity index (χ0) is 17.1. The molecule has 0 aliphatic heterocycles. The average molecular weight is 323 g/mol. The van der Waals surface area contributed by atoms with Crippen LogP contribution in [0.4, 0.5) is 0 Å². The van der Waals surface area contributed by atoms with Crippen molar-refractivity contribution in [1.82, 2.24) is 4.31 Å². The second-order valence-electron chi connectivity index (χ2n) is 4.43. The second-order valence-corrected chi connectivity index (χ2v) is 6.29. The van der Waals surface area contributed by atoms with Crippen molar-refractivity contribution in [1.29, 1.82) is 0 Å². The molecule has 1 aromatic carbocycles. The van der Waals surface area contributed by atoms with E-state index in [1.165, 1.54) is 0 Å². The quantitative estimate of drug-likeness (QED) is 0.630. The fourth-order valence-electron chi connectivity index (χ4n) is 1.55. The Hall–Kier alpha value is -2.79. The molecule has 0 aromatic heterocycles. The summed E-state index contributed by atoms with van der Waals surface area (Å²) >= 11 is 0. The lowest BCUT2D eigenvalue weighted by molar-refractivity contribution is 0.516. The summed E-state index contributed by atoms with van der Waals surface area (Å²) in [4.78, 5) is 0.197. The maximum absolute atomic E-state index is 12.7. The number of nitrogens with zero attached hydrogens (tertiary/aromatic N) is 1. The number of hydrogen-bond donors (Lipinski definition) is 0. The summed E-state index contributed by atoms with van der Waals surface area (Å²) in [6.07, 6.45) is 0.341. The summed E-state index contributed by atoms with van der Waals surface area (Å²) in [6.45, 7) is 5.39. The second kappa shape index (κ2) is 9.27. The molecular formula is C19H17NO2S. The first-order chi connectivity index (χ1) is 11.0.